The van der Waals surface area contributed by atoms with Crippen LogP contribution in [0.25, 0.3) is 0 Å². The summed E-state index contributed by atoms with van der Waals surface area (Å²) in [7, 11) is -3.14. The van der Waals surface area contributed by atoms with Gasteiger partial charge in [0.25, 0.3) is 0 Å². The lowest BCUT2D eigenvalue weighted by atomic mass is 9.98. The molecular weight excluding hydrogens is 428 g/mol. The Labute approximate surface area is 189 Å². The van der Waals surface area contributed by atoms with Crippen LogP contribution in [-0.4, -0.2) is 49.6 Å². The minimum absolute atomic E-state index is 0.0143. The Morgan fingerprint density at radius 1 is 1.22 bits per heavy atom. The lowest BCUT2D eigenvalue weighted by Crippen LogP contribution is -2.39. The lowest BCUT2D eigenvalue weighted by molar-refractivity contribution is 0.153. The summed E-state index contributed by atoms with van der Waals surface area (Å²) in [6, 6.07) is 10.7. The van der Waals surface area contributed by atoms with Gasteiger partial charge in [0.1, 0.15) is 12.0 Å². The van der Waals surface area contributed by atoms with Gasteiger partial charge < -0.3 is 9.15 Å². The first-order chi connectivity index (χ1) is 15.3. The normalized spacial score (nSPS) is 25.1. The zero-order valence-corrected chi connectivity index (χ0v) is 19.4. The van der Waals surface area contributed by atoms with Crippen molar-refractivity contribution in [2.24, 2.45) is 5.92 Å². The molecule has 8 heteroatoms. The zero-order valence-electron chi connectivity index (χ0n) is 18.6. The van der Waals surface area contributed by atoms with Gasteiger partial charge in [0, 0.05) is 37.7 Å². The molecule has 3 atom stereocenters. The van der Waals surface area contributed by atoms with E-state index in [1.54, 1.807) is 6.07 Å². The van der Waals surface area contributed by atoms with Crippen LogP contribution in [0.1, 0.15) is 55.0 Å². The van der Waals surface area contributed by atoms with Gasteiger partial charge in [-0.15, -0.1) is 0 Å². The predicted molar refractivity (Wildman–Crippen MR) is 121 cm³/mol. The average molecular weight is 459 g/mol. The van der Waals surface area contributed by atoms with E-state index in [1.807, 2.05) is 0 Å². The molecular formula is C24H30N2O5S. The van der Waals surface area contributed by atoms with Crippen molar-refractivity contribution in [1.29, 1.82) is 0 Å². The maximum Gasteiger partial charge on any atom is 0.227 e. The van der Waals surface area contributed by atoms with Crippen molar-refractivity contribution in [1.82, 2.24) is 9.21 Å². The standard InChI is InChI=1S/C24H30N2O5S/c1-16(26-13-18-5-3-4-6-19(18)20-11-21(20)26)23-12-22(27)24(15-31-23)30-14-17-7-9-25(10-8-17)32(2,28)29/h3-6,12,15-17,20-21H,7-11,13-14H2,1-2H3/t16-,20+,21+/m0/s1. The Morgan fingerprint density at radius 3 is 2.69 bits per heavy atom. The summed E-state index contributed by atoms with van der Waals surface area (Å²) in [4.78, 5) is 15.1. The van der Waals surface area contributed by atoms with Crippen molar-refractivity contribution in [3.8, 4) is 5.75 Å². The molecule has 0 radical (unpaired) electrons. The van der Waals surface area contributed by atoms with E-state index in [-0.39, 0.29) is 23.1 Å². The smallest absolute Gasteiger partial charge is 0.227 e. The second-order valence-corrected chi connectivity index (χ2v) is 11.4. The summed E-state index contributed by atoms with van der Waals surface area (Å²) in [5.74, 6) is 1.70. The number of piperidine rings is 1. The molecule has 0 amide bonds. The van der Waals surface area contributed by atoms with E-state index in [9.17, 15) is 13.2 Å². The molecule has 1 saturated heterocycles. The largest absolute Gasteiger partial charge is 0.486 e. The van der Waals surface area contributed by atoms with Gasteiger partial charge in [-0.05, 0) is 43.2 Å². The SMILES string of the molecule is C[C@@H](c1cc(=O)c(OCC2CCN(S(C)(=O)=O)CC2)co1)N1Cc2ccccc2[C@H]2C[C@H]21. The number of hydrogen-bond donors (Lipinski definition) is 0. The molecule has 7 nitrogen and oxygen atoms in total. The van der Waals surface area contributed by atoms with Crippen LogP contribution in [0.3, 0.4) is 0 Å². The molecule has 2 aromatic rings. The van der Waals surface area contributed by atoms with Crippen LogP contribution in [0.2, 0.25) is 0 Å². The van der Waals surface area contributed by atoms with Gasteiger partial charge in [0.2, 0.25) is 21.2 Å². The monoisotopic (exact) mass is 458 g/mol. The van der Waals surface area contributed by atoms with Gasteiger partial charge >= 0.3 is 0 Å². The van der Waals surface area contributed by atoms with Crippen LogP contribution in [0.5, 0.6) is 5.75 Å². The first-order valence-electron chi connectivity index (χ1n) is 11.4. The summed E-state index contributed by atoms with van der Waals surface area (Å²) in [5, 5.41) is 0. The molecule has 0 bridgehead atoms. The summed E-state index contributed by atoms with van der Waals surface area (Å²) >= 11 is 0. The van der Waals surface area contributed by atoms with Crippen molar-refractivity contribution >= 4 is 10.0 Å². The number of sulfonamides is 1. The van der Waals surface area contributed by atoms with Crippen LogP contribution < -0.4 is 10.2 Å². The molecule has 1 aromatic heterocycles. The van der Waals surface area contributed by atoms with E-state index in [0.29, 0.717) is 37.4 Å². The first-order valence-corrected chi connectivity index (χ1v) is 13.2. The molecule has 172 valence electrons. The van der Waals surface area contributed by atoms with Gasteiger partial charge in [-0.3, -0.25) is 9.69 Å². The van der Waals surface area contributed by atoms with E-state index in [0.717, 1.165) is 25.8 Å². The number of ether oxygens (including phenoxy) is 1. The molecule has 2 aliphatic heterocycles. The van der Waals surface area contributed by atoms with E-state index >= 15 is 0 Å². The summed E-state index contributed by atoms with van der Waals surface area (Å²) in [5.41, 5.74) is 2.66. The molecule has 2 fully saturated rings. The van der Waals surface area contributed by atoms with Gasteiger partial charge in [-0.1, -0.05) is 24.3 Å². The fourth-order valence-electron chi connectivity index (χ4n) is 5.18. The fraction of sp³-hybridized carbons (Fsp3) is 0.542. The molecule has 0 spiro atoms. The van der Waals surface area contributed by atoms with E-state index in [1.165, 1.54) is 28.0 Å². The number of hydrogen-bond acceptors (Lipinski definition) is 6. The number of benzene rings is 1. The van der Waals surface area contributed by atoms with Gasteiger partial charge in [0.05, 0.1) is 18.9 Å². The van der Waals surface area contributed by atoms with E-state index < -0.39 is 10.0 Å². The Kier molecular flexibility index (Phi) is 5.63. The number of nitrogens with zero attached hydrogens (tertiary/aromatic N) is 2. The fourth-order valence-corrected chi connectivity index (χ4v) is 6.05. The van der Waals surface area contributed by atoms with Gasteiger partial charge in [0.15, 0.2) is 0 Å². The number of rotatable bonds is 6. The summed E-state index contributed by atoms with van der Waals surface area (Å²) in [6.07, 6.45) is 5.29. The van der Waals surface area contributed by atoms with Crippen molar-refractivity contribution < 1.29 is 17.6 Å². The van der Waals surface area contributed by atoms with E-state index in [2.05, 4.69) is 36.1 Å². The minimum Gasteiger partial charge on any atom is -0.486 e. The van der Waals surface area contributed by atoms with Crippen LogP contribution in [0, 0.1) is 5.92 Å². The third-order valence-electron chi connectivity index (χ3n) is 7.23. The van der Waals surface area contributed by atoms with Crippen molar-refractivity contribution in [3.05, 3.63) is 63.7 Å². The number of fused-ring (bicyclic) bond motifs is 3. The van der Waals surface area contributed by atoms with Crippen LogP contribution >= 0.6 is 0 Å². The lowest BCUT2D eigenvalue weighted by Gasteiger charge is -2.33. The minimum atomic E-state index is -3.14. The summed E-state index contributed by atoms with van der Waals surface area (Å²) in [6.45, 7) is 4.35. The van der Waals surface area contributed by atoms with E-state index in [4.69, 9.17) is 9.15 Å². The first kappa shape index (κ1) is 21.7. The molecule has 0 N–H and O–H groups in total. The molecule has 1 aromatic carbocycles. The van der Waals surface area contributed by atoms with Crippen molar-refractivity contribution in [2.75, 3.05) is 26.0 Å². The van der Waals surface area contributed by atoms with Gasteiger partial charge in [-0.25, -0.2) is 12.7 Å². The Morgan fingerprint density at radius 2 is 1.97 bits per heavy atom. The molecule has 5 rings (SSSR count). The highest BCUT2D eigenvalue weighted by Gasteiger charge is 2.48. The zero-order chi connectivity index (χ0) is 22.5. The molecule has 3 heterocycles. The van der Waals surface area contributed by atoms with Gasteiger partial charge in [-0.2, -0.15) is 0 Å². The third-order valence-corrected chi connectivity index (χ3v) is 8.54. The molecule has 1 aliphatic carbocycles. The van der Waals surface area contributed by atoms with Crippen molar-refractivity contribution in [2.45, 2.75) is 50.7 Å². The molecule has 1 saturated carbocycles. The van der Waals surface area contributed by atoms with Crippen LogP contribution in [-0.2, 0) is 16.6 Å². The third kappa shape index (κ3) is 4.23. The predicted octanol–water partition coefficient (Wildman–Crippen LogP) is 3.12. The topological polar surface area (TPSA) is 80.1 Å². The van der Waals surface area contributed by atoms with Crippen molar-refractivity contribution in [3.63, 3.8) is 0 Å². The summed E-state index contributed by atoms with van der Waals surface area (Å²) < 4.78 is 36.4. The average Bonchev–Trinajstić information content (AvgIpc) is 3.58. The molecule has 3 aliphatic rings. The maximum atomic E-state index is 12.7. The van der Waals surface area contributed by atoms with Crippen LogP contribution in [0.15, 0.2) is 45.8 Å². The Bertz CT molecular complexity index is 1150. The van der Waals surface area contributed by atoms with Crippen LogP contribution in [0.4, 0.5) is 0 Å². The Balaban J connectivity index is 1.20. The molecule has 32 heavy (non-hydrogen) atoms. The Hall–Kier alpha value is -2.16. The second-order valence-electron chi connectivity index (χ2n) is 9.38. The highest BCUT2D eigenvalue weighted by atomic mass is 32.2. The highest BCUT2D eigenvalue weighted by Crippen LogP contribution is 2.52. The quantitative estimate of drug-likeness (QED) is 0.662. The second kappa shape index (κ2) is 8.32. The molecule has 0 unspecified atom stereocenters. The maximum absolute atomic E-state index is 12.7. The highest BCUT2D eigenvalue weighted by molar-refractivity contribution is 7.88.